The topological polar surface area (TPSA) is 90.8 Å². The lowest BCUT2D eigenvalue weighted by Gasteiger charge is -2.39. The summed E-state index contributed by atoms with van der Waals surface area (Å²) in [5.74, 6) is 0.353. The predicted molar refractivity (Wildman–Crippen MR) is 129 cm³/mol. The Hall–Kier alpha value is -2.71. The molecule has 8 heteroatoms. The van der Waals surface area contributed by atoms with Crippen LogP contribution in [0.25, 0.3) is 11.3 Å². The Kier molecular flexibility index (Phi) is 7.45. The first-order chi connectivity index (χ1) is 16.0. The van der Waals surface area contributed by atoms with Crippen LogP contribution in [0.2, 0.25) is 0 Å². The van der Waals surface area contributed by atoms with Crippen molar-refractivity contribution in [2.75, 3.05) is 38.2 Å². The van der Waals surface area contributed by atoms with Crippen molar-refractivity contribution in [1.29, 1.82) is 0 Å². The van der Waals surface area contributed by atoms with Gasteiger partial charge in [0, 0.05) is 31.4 Å². The summed E-state index contributed by atoms with van der Waals surface area (Å²) in [4.78, 5) is 27.2. The van der Waals surface area contributed by atoms with Crippen LogP contribution in [0.4, 0.5) is 5.69 Å². The molecule has 3 atom stereocenters. The van der Waals surface area contributed by atoms with E-state index in [0.717, 1.165) is 37.2 Å². The third-order valence-corrected chi connectivity index (χ3v) is 6.61. The lowest BCUT2D eigenvalue weighted by molar-refractivity contribution is 0.0933. The first-order valence-electron chi connectivity index (χ1n) is 12.0. The van der Waals surface area contributed by atoms with Gasteiger partial charge in [0.25, 0.3) is 5.91 Å². The Bertz CT molecular complexity index is 969. The monoisotopic (exact) mass is 453 g/mol. The van der Waals surface area contributed by atoms with Crippen molar-refractivity contribution in [3.05, 3.63) is 36.2 Å². The number of likely N-dealkylation sites (tertiary alicyclic amines) is 1. The number of pyridine rings is 2. The fourth-order valence-electron chi connectivity index (χ4n) is 4.88. The molecule has 0 saturated carbocycles. The fraction of sp³-hybridized carbons (Fsp3) is 0.560. The lowest BCUT2D eigenvalue weighted by Crippen LogP contribution is -2.45. The number of nitrogens with one attached hydrogen (secondary N) is 1. The van der Waals surface area contributed by atoms with E-state index in [1.807, 2.05) is 31.2 Å². The second-order valence-corrected chi connectivity index (χ2v) is 9.01. The average Bonchev–Trinajstić information content (AvgIpc) is 3.23. The average molecular weight is 454 g/mol. The number of likely N-dealkylation sites (N-methyl/N-ethyl adjacent to an activating group) is 1. The number of ether oxygens (including phenoxy) is 1. The highest BCUT2D eigenvalue weighted by Gasteiger charge is 2.31. The highest BCUT2D eigenvalue weighted by molar-refractivity contribution is 5.99. The van der Waals surface area contributed by atoms with Gasteiger partial charge in [0.1, 0.15) is 0 Å². The van der Waals surface area contributed by atoms with Crippen molar-refractivity contribution in [1.82, 2.24) is 20.2 Å². The molecular weight excluding hydrogens is 418 g/mol. The van der Waals surface area contributed by atoms with Crippen LogP contribution < -0.4 is 15.0 Å². The van der Waals surface area contributed by atoms with Gasteiger partial charge in [-0.1, -0.05) is 6.92 Å². The van der Waals surface area contributed by atoms with E-state index >= 15 is 0 Å². The van der Waals surface area contributed by atoms with Gasteiger partial charge in [0.2, 0.25) is 5.88 Å². The SMILES string of the molecule is CCOc1ncccc1-c1ccc(N2CC[C@@H](O)C[C@H]2CC)c(C(=O)N[C@@H]2CCN(C)C2)n1. The molecule has 2 N–H and O–H groups in total. The van der Waals surface area contributed by atoms with Crippen molar-refractivity contribution in [3.8, 4) is 17.1 Å². The van der Waals surface area contributed by atoms with Crippen LogP contribution in [0.5, 0.6) is 5.88 Å². The third kappa shape index (κ3) is 5.28. The van der Waals surface area contributed by atoms with Crippen LogP contribution >= 0.6 is 0 Å². The predicted octanol–water partition coefficient (Wildman–Crippen LogP) is 2.72. The Morgan fingerprint density at radius 3 is 2.82 bits per heavy atom. The van der Waals surface area contributed by atoms with Crippen molar-refractivity contribution < 1.29 is 14.6 Å². The maximum Gasteiger partial charge on any atom is 0.272 e. The zero-order valence-electron chi connectivity index (χ0n) is 19.8. The Morgan fingerprint density at radius 2 is 2.09 bits per heavy atom. The lowest BCUT2D eigenvalue weighted by atomic mass is 9.96. The molecule has 4 heterocycles. The zero-order valence-corrected chi connectivity index (χ0v) is 19.8. The van der Waals surface area contributed by atoms with Gasteiger partial charge in [-0.05, 0) is 70.5 Å². The summed E-state index contributed by atoms with van der Waals surface area (Å²) in [5.41, 5.74) is 2.67. The quantitative estimate of drug-likeness (QED) is 0.666. The maximum atomic E-state index is 13.5. The number of aliphatic hydroxyl groups excluding tert-OH is 1. The highest BCUT2D eigenvalue weighted by Crippen LogP contribution is 2.33. The molecule has 8 nitrogen and oxygen atoms in total. The summed E-state index contributed by atoms with van der Waals surface area (Å²) in [7, 11) is 2.07. The van der Waals surface area contributed by atoms with Gasteiger partial charge in [-0.2, -0.15) is 0 Å². The summed E-state index contributed by atoms with van der Waals surface area (Å²) in [6.45, 7) is 7.05. The molecule has 1 amide bonds. The zero-order chi connectivity index (χ0) is 23.4. The number of piperidine rings is 1. The Balaban J connectivity index is 1.72. The van der Waals surface area contributed by atoms with Crippen molar-refractivity contribution in [2.45, 2.75) is 57.7 Å². The number of hydrogen-bond donors (Lipinski definition) is 2. The molecule has 0 spiro atoms. The molecule has 2 aromatic rings. The highest BCUT2D eigenvalue weighted by atomic mass is 16.5. The van der Waals surface area contributed by atoms with Gasteiger partial charge >= 0.3 is 0 Å². The number of amides is 1. The third-order valence-electron chi connectivity index (χ3n) is 6.61. The minimum Gasteiger partial charge on any atom is -0.477 e. The van der Waals surface area contributed by atoms with Gasteiger partial charge in [-0.25, -0.2) is 9.97 Å². The molecule has 2 saturated heterocycles. The summed E-state index contributed by atoms with van der Waals surface area (Å²) in [5, 5.41) is 13.4. The summed E-state index contributed by atoms with van der Waals surface area (Å²) < 4.78 is 5.71. The standard InChI is InChI=1S/C25H35N5O3/c1-4-18-15-19(31)11-14-30(18)22-9-8-21(20-7-6-12-26-25(20)33-5-2)28-23(22)24(32)27-17-10-13-29(3)16-17/h6-9,12,17-19,31H,4-5,10-11,13-16H2,1-3H3,(H,27,32)/t17-,18-,19-/m1/s1. The number of carbonyl (C=O) groups excluding carboxylic acids is 1. The number of nitrogens with zero attached hydrogens (tertiary/aromatic N) is 4. The molecule has 2 aliphatic heterocycles. The van der Waals surface area contributed by atoms with Gasteiger partial charge in [-0.3, -0.25) is 4.79 Å². The molecule has 0 aliphatic carbocycles. The van der Waals surface area contributed by atoms with Crippen LogP contribution in [0.1, 0.15) is 50.0 Å². The van der Waals surface area contributed by atoms with Crippen LogP contribution in [0.3, 0.4) is 0 Å². The number of aromatic nitrogens is 2. The van der Waals surface area contributed by atoms with E-state index in [-0.39, 0.29) is 24.1 Å². The molecule has 0 radical (unpaired) electrons. The number of carbonyl (C=O) groups is 1. The Morgan fingerprint density at radius 1 is 1.24 bits per heavy atom. The molecule has 178 valence electrons. The number of rotatable bonds is 7. The van der Waals surface area contributed by atoms with E-state index in [2.05, 4.69) is 34.1 Å². The second-order valence-electron chi connectivity index (χ2n) is 9.01. The molecule has 0 aromatic carbocycles. The largest absolute Gasteiger partial charge is 0.477 e. The second kappa shape index (κ2) is 10.5. The van der Waals surface area contributed by atoms with E-state index in [9.17, 15) is 9.90 Å². The van der Waals surface area contributed by atoms with Crippen LogP contribution in [-0.2, 0) is 0 Å². The number of aliphatic hydroxyl groups is 1. The van der Waals surface area contributed by atoms with Gasteiger partial charge in [-0.15, -0.1) is 0 Å². The summed E-state index contributed by atoms with van der Waals surface area (Å²) >= 11 is 0. The van der Waals surface area contributed by atoms with E-state index in [0.29, 0.717) is 43.3 Å². The smallest absolute Gasteiger partial charge is 0.272 e. The molecule has 2 aliphatic rings. The molecule has 0 bridgehead atoms. The van der Waals surface area contributed by atoms with Crippen LogP contribution in [0, 0.1) is 0 Å². The summed E-state index contributed by atoms with van der Waals surface area (Å²) in [6, 6.07) is 7.97. The number of anilines is 1. The summed E-state index contributed by atoms with van der Waals surface area (Å²) in [6.07, 6.45) is 4.60. The van der Waals surface area contributed by atoms with E-state index in [4.69, 9.17) is 9.72 Å². The van der Waals surface area contributed by atoms with Crippen molar-refractivity contribution >= 4 is 11.6 Å². The van der Waals surface area contributed by atoms with Crippen molar-refractivity contribution in [2.24, 2.45) is 0 Å². The normalized spacial score (nSPS) is 23.5. The fourth-order valence-corrected chi connectivity index (χ4v) is 4.88. The first kappa shape index (κ1) is 23.4. The van der Waals surface area contributed by atoms with Crippen molar-refractivity contribution in [3.63, 3.8) is 0 Å². The van der Waals surface area contributed by atoms with Gasteiger partial charge in [0.05, 0.1) is 29.7 Å². The minimum atomic E-state index is -0.297. The van der Waals surface area contributed by atoms with Crippen LogP contribution in [0.15, 0.2) is 30.5 Å². The molecule has 4 rings (SSSR count). The van der Waals surface area contributed by atoms with E-state index < -0.39 is 0 Å². The molecular formula is C25H35N5O3. The number of hydrogen-bond acceptors (Lipinski definition) is 7. The van der Waals surface area contributed by atoms with E-state index in [1.54, 1.807) is 6.20 Å². The molecule has 2 fully saturated rings. The first-order valence-corrected chi connectivity index (χ1v) is 12.0. The Labute approximate surface area is 196 Å². The maximum absolute atomic E-state index is 13.5. The van der Waals surface area contributed by atoms with Gasteiger partial charge < -0.3 is 25.0 Å². The van der Waals surface area contributed by atoms with Gasteiger partial charge in [0.15, 0.2) is 5.69 Å². The van der Waals surface area contributed by atoms with Crippen LogP contribution in [-0.4, -0.2) is 77.4 Å². The molecule has 2 aromatic heterocycles. The molecule has 0 unspecified atom stereocenters. The minimum absolute atomic E-state index is 0.114. The molecule has 33 heavy (non-hydrogen) atoms. The van der Waals surface area contributed by atoms with E-state index in [1.165, 1.54) is 0 Å².